The summed E-state index contributed by atoms with van der Waals surface area (Å²) in [6.07, 6.45) is 2.72. The van der Waals surface area contributed by atoms with Gasteiger partial charge in [0.15, 0.2) is 6.29 Å². The lowest BCUT2D eigenvalue weighted by Crippen LogP contribution is -2.34. The highest BCUT2D eigenvalue weighted by molar-refractivity contribution is 5.93. The van der Waals surface area contributed by atoms with Crippen molar-refractivity contribution in [1.82, 2.24) is 10.3 Å². The van der Waals surface area contributed by atoms with Gasteiger partial charge in [-0.05, 0) is 12.1 Å². The number of hydrogen-bond acceptors (Lipinski definition) is 4. The number of methoxy groups -OCH3 is 2. The number of carbonyl (C=O) groups excluding carboxylic acids is 1. The third kappa shape index (κ3) is 3.65. The molecule has 1 N–H and O–H groups in total. The third-order valence-electron chi connectivity index (χ3n) is 1.90. The molecule has 0 radical (unpaired) electrons. The van der Waals surface area contributed by atoms with Gasteiger partial charge in [0.05, 0.1) is 6.54 Å². The van der Waals surface area contributed by atoms with Gasteiger partial charge in [-0.2, -0.15) is 0 Å². The summed E-state index contributed by atoms with van der Waals surface area (Å²) in [7, 11) is 3.04. The average Bonchev–Trinajstić information content (AvgIpc) is 2.31. The first kappa shape index (κ1) is 11.6. The van der Waals surface area contributed by atoms with Gasteiger partial charge in [0.2, 0.25) is 0 Å². The maximum Gasteiger partial charge on any atom is 0.251 e. The van der Waals surface area contributed by atoms with Crippen LogP contribution in [0.2, 0.25) is 0 Å². The Bertz CT molecular complexity index is 299. The summed E-state index contributed by atoms with van der Waals surface area (Å²) in [5.41, 5.74) is 0.566. The molecule has 0 fully saturated rings. The number of amides is 1. The van der Waals surface area contributed by atoms with Crippen molar-refractivity contribution in [1.29, 1.82) is 0 Å². The molecule has 0 unspecified atom stereocenters. The average molecular weight is 210 g/mol. The van der Waals surface area contributed by atoms with Crippen LogP contribution >= 0.6 is 0 Å². The van der Waals surface area contributed by atoms with E-state index < -0.39 is 6.29 Å². The van der Waals surface area contributed by atoms with Gasteiger partial charge in [0.25, 0.3) is 5.91 Å². The van der Waals surface area contributed by atoms with Crippen molar-refractivity contribution >= 4 is 5.91 Å². The summed E-state index contributed by atoms with van der Waals surface area (Å²) in [5, 5.41) is 2.68. The van der Waals surface area contributed by atoms with Crippen LogP contribution in [0.3, 0.4) is 0 Å². The third-order valence-corrected chi connectivity index (χ3v) is 1.90. The summed E-state index contributed by atoms with van der Waals surface area (Å²) in [6, 6.07) is 3.29. The lowest BCUT2D eigenvalue weighted by atomic mass is 10.2. The molecule has 1 aromatic rings. The number of ether oxygens (including phenoxy) is 2. The summed E-state index contributed by atoms with van der Waals surface area (Å²) < 4.78 is 9.87. The molecule has 15 heavy (non-hydrogen) atoms. The Labute approximate surface area is 88.4 Å². The van der Waals surface area contributed by atoms with Gasteiger partial charge in [-0.1, -0.05) is 0 Å². The lowest BCUT2D eigenvalue weighted by Gasteiger charge is -2.13. The maximum atomic E-state index is 11.5. The second-order valence-corrected chi connectivity index (χ2v) is 2.85. The molecule has 82 valence electrons. The van der Waals surface area contributed by atoms with E-state index in [-0.39, 0.29) is 5.91 Å². The number of hydrogen-bond donors (Lipinski definition) is 1. The monoisotopic (exact) mass is 210 g/mol. The highest BCUT2D eigenvalue weighted by atomic mass is 16.7. The van der Waals surface area contributed by atoms with Crippen molar-refractivity contribution in [2.45, 2.75) is 6.29 Å². The minimum Gasteiger partial charge on any atom is -0.354 e. The molecule has 0 saturated heterocycles. The van der Waals surface area contributed by atoms with E-state index in [0.29, 0.717) is 12.1 Å². The number of rotatable bonds is 5. The number of aromatic nitrogens is 1. The van der Waals surface area contributed by atoms with Crippen LogP contribution < -0.4 is 5.32 Å². The smallest absolute Gasteiger partial charge is 0.251 e. The van der Waals surface area contributed by atoms with Crippen molar-refractivity contribution in [2.75, 3.05) is 20.8 Å². The van der Waals surface area contributed by atoms with Gasteiger partial charge < -0.3 is 14.8 Å². The van der Waals surface area contributed by atoms with Gasteiger partial charge in [0.1, 0.15) is 0 Å². The first-order valence-electron chi connectivity index (χ1n) is 4.51. The number of nitrogens with zero attached hydrogens (tertiary/aromatic N) is 1. The van der Waals surface area contributed by atoms with Crippen LogP contribution in [-0.4, -0.2) is 37.9 Å². The molecule has 1 amide bonds. The quantitative estimate of drug-likeness (QED) is 0.716. The molecule has 0 saturated carbocycles. The Hall–Kier alpha value is -1.46. The fourth-order valence-electron chi connectivity index (χ4n) is 1.04. The van der Waals surface area contributed by atoms with E-state index in [4.69, 9.17) is 9.47 Å². The molecule has 0 aliphatic heterocycles. The van der Waals surface area contributed by atoms with Gasteiger partial charge in [-0.3, -0.25) is 9.78 Å². The Balaban J connectivity index is 2.43. The SMILES string of the molecule is COC(CNC(=O)c1ccncc1)OC. The van der Waals surface area contributed by atoms with E-state index in [1.807, 2.05) is 0 Å². The fraction of sp³-hybridized carbons (Fsp3) is 0.400. The van der Waals surface area contributed by atoms with Crippen LogP contribution in [0.1, 0.15) is 10.4 Å². The Kier molecular flexibility index (Phi) is 4.73. The molecule has 0 spiro atoms. The molecule has 1 heterocycles. The number of nitrogens with one attached hydrogen (secondary N) is 1. The van der Waals surface area contributed by atoms with Gasteiger partial charge in [-0.25, -0.2) is 0 Å². The van der Waals surface area contributed by atoms with E-state index in [2.05, 4.69) is 10.3 Å². The normalized spacial score (nSPS) is 10.3. The standard InChI is InChI=1S/C10H14N2O3/c1-14-9(15-2)7-12-10(13)8-3-5-11-6-4-8/h3-6,9H,7H2,1-2H3,(H,12,13). The minimum absolute atomic E-state index is 0.170. The summed E-state index contributed by atoms with van der Waals surface area (Å²) in [5.74, 6) is -0.170. The molecular weight excluding hydrogens is 196 g/mol. The minimum atomic E-state index is -0.421. The van der Waals surface area contributed by atoms with Crippen LogP contribution in [0.4, 0.5) is 0 Å². The van der Waals surface area contributed by atoms with E-state index in [1.165, 1.54) is 14.2 Å². The summed E-state index contributed by atoms with van der Waals surface area (Å²) in [6.45, 7) is 0.314. The number of pyridine rings is 1. The summed E-state index contributed by atoms with van der Waals surface area (Å²) in [4.78, 5) is 15.4. The predicted octanol–water partition coefficient (Wildman–Crippen LogP) is 0.430. The lowest BCUT2D eigenvalue weighted by molar-refractivity contribution is -0.0974. The summed E-state index contributed by atoms with van der Waals surface area (Å²) >= 11 is 0. The molecule has 0 bridgehead atoms. The van der Waals surface area contributed by atoms with Crippen molar-refractivity contribution < 1.29 is 14.3 Å². The van der Waals surface area contributed by atoms with Crippen LogP contribution in [0, 0.1) is 0 Å². The van der Waals surface area contributed by atoms with Gasteiger partial charge >= 0.3 is 0 Å². The molecule has 5 nitrogen and oxygen atoms in total. The van der Waals surface area contributed by atoms with Crippen LogP contribution in [-0.2, 0) is 9.47 Å². The fourth-order valence-corrected chi connectivity index (χ4v) is 1.04. The van der Waals surface area contributed by atoms with Gasteiger partial charge in [0, 0.05) is 32.2 Å². The molecule has 0 aliphatic carbocycles. The van der Waals surface area contributed by atoms with E-state index in [9.17, 15) is 4.79 Å². The molecular formula is C10H14N2O3. The second-order valence-electron chi connectivity index (χ2n) is 2.85. The second kappa shape index (κ2) is 6.10. The Morgan fingerprint density at radius 1 is 1.40 bits per heavy atom. The molecule has 0 aliphatic rings. The van der Waals surface area contributed by atoms with Crippen LogP contribution in [0.5, 0.6) is 0 Å². The van der Waals surface area contributed by atoms with Crippen molar-refractivity contribution in [3.05, 3.63) is 30.1 Å². The highest BCUT2D eigenvalue weighted by Crippen LogP contribution is 1.96. The molecule has 1 aromatic heterocycles. The van der Waals surface area contributed by atoms with E-state index >= 15 is 0 Å². The molecule has 1 rings (SSSR count). The zero-order valence-electron chi connectivity index (χ0n) is 8.77. The van der Waals surface area contributed by atoms with Crippen molar-refractivity contribution in [3.63, 3.8) is 0 Å². The zero-order chi connectivity index (χ0) is 11.1. The maximum absolute atomic E-state index is 11.5. The number of carbonyl (C=O) groups is 1. The van der Waals surface area contributed by atoms with E-state index in [0.717, 1.165) is 0 Å². The van der Waals surface area contributed by atoms with Crippen molar-refractivity contribution in [2.24, 2.45) is 0 Å². The zero-order valence-corrected chi connectivity index (χ0v) is 8.77. The topological polar surface area (TPSA) is 60.5 Å². The Morgan fingerprint density at radius 2 is 2.00 bits per heavy atom. The molecule has 5 heteroatoms. The highest BCUT2D eigenvalue weighted by Gasteiger charge is 2.08. The van der Waals surface area contributed by atoms with Crippen LogP contribution in [0.25, 0.3) is 0 Å². The van der Waals surface area contributed by atoms with E-state index in [1.54, 1.807) is 24.5 Å². The predicted molar refractivity (Wildman–Crippen MR) is 54.4 cm³/mol. The van der Waals surface area contributed by atoms with Gasteiger partial charge in [-0.15, -0.1) is 0 Å². The first-order chi connectivity index (χ1) is 7.27. The largest absolute Gasteiger partial charge is 0.354 e. The molecule has 0 aromatic carbocycles. The Morgan fingerprint density at radius 3 is 2.53 bits per heavy atom. The van der Waals surface area contributed by atoms with Crippen LogP contribution in [0.15, 0.2) is 24.5 Å². The van der Waals surface area contributed by atoms with Crippen molar-refractivity contribution in [3.8, 4) is 0 Å². The first-order valence-corrected chi connectivity index (χ1v) is 4.51. The molecule has 0 atom stereocenters.